The lowest BCUT2D eigenvalue weighted by Gasteiger charge is -2.30. The summed E-state index contributed by atoms with van der Waals surface area (Å²) < 4.78 is 27.6. The van der Waals surface area contributed by atoms with Crippen LogP contribution in [-0.2, 0) is 21.2 Å². The number of hydrogen-bond acceptors (Lipinski definition) is 4. The Bertz CT molecular complexity index is 1400. The van der Waals surface area contributed by atoms with Gasteiger partial charge in [-0.1, -0.05) is 35.4 Å². The third kappa shape index (κ3) is 2.21. The summed E-state index contributed by atoms with van der Waals surface area (Å²) in [6, 6.07) is 10.5. The Labute approximate surface area is 179 Å². The molecule has 2 bridgehead atoms. The number of nitrogens with zero attached hydrogens (tertiary/aromatic N) is 2. The first-order chi connectivity index (χ1) is 14.3. The van der Waals surface area contributed by atoms with Crippen LogP contribution in [0.3, 0.4) is 0 Å². The molecular formula is C23H19ClN2O3S. The molecule has 0 aliphatic heterocycles. The summed E-state index contributed by atoms with van der Waals surface area (Å²) in [5.74, 6) is 0.0843. The summed E-state index contributed by atoms with van der Waals surface area (Å²) in [4.78, 5) is 12.8. The molecule has 1 unspecified atom stereocenters. The molecule has 30 heavy (non-hydrogen) atoms. The Morgan fingerprint density at radius 1 is 1.17 bits per heavy atom. The van der Waals surface area contributed by atoms with E-state index in [0.29, 0.717) is 10.5 Å². The van der Waals surface area contributed by atoms with Gasteiger partial charge in [0.2, 0.25) is 0 Å². The van der Waals surface area contributed by atoms with Crippen LogP contribution >= 0.6 is 11.6 Å². The third-order valence-corrected chi connectivity index (χ3v) is 9.10. The van der Waals surface area contributed by atoms with Crippen LogP contribution in [0.4, 0.5) is 0 Å². The number of allylic oxidation sites excluding steroid dienone is 2. The van der Waals surface area contributed by atoms with E-state index >= 15 is 0 Å². The molecule has 1 aromatic heterocycles. The molecule has 6 rings (SSSR count). The van der Waals surface area contributed by atoms with Crippen molar-refractivity contribution in [2.75, 3.05) is 0 Å². The molecule has 3 aliphatic rings. The second-order valence-corrected chi connectivity index (χ2v) is 10.9. The third-order valence-electron chi connectivity index (χ3n) is 7.11. The molecule has 1 heterocycles. The minimum atomic E-state index is -3.80. The number of carbonyl (C=O) groups is 1. The number of rotatable bonds is 2. The fraction of sp³-hybridized carbons (Fsp3) is 0.304. The van der Waals surface area contributed by atoms with Gasteiger partial charge in [0.15, 0.2) is 5.78 Å². The molecule has 0 saturated heterocycles. The lowest BCUT2D eigenvalue weighted by atomic mass is 9.74. The van der Waals surface area contributed by atoms with Gasteiger partial charge in [0.1, 0.15) is 0 Å². The molecule has 1 fully saturated rings. The molecule has 7 heteroatoms. The first kappa shape index (κ1) is 18.3. The summed E-state index contributed by atoms with van der Waals surface area (Å²) >= 11 is 6.56. The number of aryl methyl sites for hydroxylation is 1. The molecule has 3 aromatic rings. The summed E-state index contributed by atoms with van der Waals surface area (Å²) in [5.41, 5.74) is 4.46. The van der Waals surface area contributed by atoms with Crippen molar-refractivity contribution in [3.63, 3.8) is 0 Å². The molecule has 0 radical (unpaired) electrons. The number of halogens is 1. The number of aromatic nitrogens is 2. The predicted molar refractivity (Wildman–Crippen MR) is 115 cm³/mol. The van der Waals surface area contributed by atoms with Crippen molar-refractivity contribution in [2.24, 2.45) is 11.3 Å². The van der Waals surface area contributed by atoms with Crippen molar-refractivity contribution in [3.8, 4) is 0 Å². The van der Waals surface area contributed by atoms with Gasteiger partial charge < -0.3 is 0 Å². The summed E-state index contributed by atoms with van der Waals surface area (Å²) in [6.07, 6.45) is 5.07. The van der Waals surface area contributed by atoms with E-state index in [-0.39, 0.29) is 22.0 Å². The van der Waals surface area contributed by atoms with Crippen molar-refractivity contribution in [3.05, 3.63) is 64.3 Å². The van der Waals surface area contributed by atoms with E-state index in [1.807, 2.05) is 13.0 Å². The summed E-state index contributed by atoms with van der Waals surface area (Å²) in [7, 11) is -3.80. The topological polar surface area (TPSA) is 69.0 Å². The Hall–Kier alpha value is -2.44. The second kappa shape index (κ2) is 5.83. The van der Waals surface area contributed by atoms with Gasteiger partial charge in [-0.2, -0.15) is 17.6 Å². The average Bonchev–Trinajstić information content (AvgIpc) is 3.40. The Morgan fingerprint density at radius 3 is 2.70 bits per heavy atom. The number of carbonyl (C=O) groups excluding carboxylic acids is 1. The highest BCUT2D eigenvalue weighted by molar-refractivity contribution is 7.90. The Morgan fingerprint density at radius 2 is 1.93 bits per heavy atom. The van der Waals surface area contributed by atoms with Crippen LogP contribution < -0.4 is 0 Å². The van der Waals surface area contributed by atoms with E-state index in [9.17, 15) is 13.2 Å². The summed E-state index contributed by atoms with van der Waals surface area (Å²) in [5, 5.41) is 5.46. The van der Waals surface area contributed by atoms with Gasteiger partial charge in [-0.25, -0.2) is 0 Å². The normalized spacial score (nSPS) is 25.1. The van der Waals surface area contributed by atoms with Gasteiger partial charge in [-0.3, -0.25) is 4.79 Å². The van der Waals surface area contributed by atoms with Gasteiger partial charge in [0, 0.05) is 16.7 Å². The quantitative estimate of drug-likeness (QED) is 0.592. The predicted octanol–water partition coefficient (Wildman–Crippen LogP) is 4.46. The lowest BCUT2D eigenvalue weighted by molar-refractivity contribution is -0.118. The number of benzene rings is 2. The Balaban J connectivity index is 1.55. The number of Topliss-reactive ketones (excluding diaryl/α,β-unsaturated/α-hetero) is 1. The van der Waals surface area contributed by atoms with Gasteiger partial charge in [-0.05, 0) is 67.5 Å². The van der Waals surface area contributed by atoms with Gasteiger partial charge in [0.05, 0.1) is 21.6 Å². The van der Waals surface area contributed by atoms with Crippen LogP contribution in [-0.4, -0.2) is 23.4 Å². The van der Waals surface area contributed by atoms with Crippen molar-refractivity contribution < 1.29 is 13.2 Å². The van der Waals surface area contributed by atoms with Crippen molar-refractivity contribution in [1.29, 1.82) is 0 Å². The van der Waals surface area contributed by atoms with E-state index in [1.54, 1.807) is 36.5 Å². The number of hydrogen-bond donors (Lipinski definition) is 0. The van der Waals surface area contributed by atoms with E-state index in [0.717, 1.165) is 57.4 Å². The number of ketones is 1. The van der Waals surface area contributed by atoms with Crippen LogP contribution in [0.5, 0.6) is 0 Å². The molecule has 1 spiro atoms. The molecule has 3 aliphatic carbocycles. The minimum Gasteiger partial charge on any atom is -0.293 e. The zero-order valence-corrected chi connectivity index (χ0v) is 17.9. The fourth-order valence-electron chi connectivity index (χ4n) is 5.67. The smallest absolute Gasteiger partial charge is 0.283 e. The zero-order chi connectivity index (χ0) is 20.8. The first-order valence-electron chi connectivity index (χ1n) is 10.1. The Kier molecular flexibility index (Phi) is 3.56. The minimum absolute atomic E-state index is 0.0238. The lowest BCUT2D eigenvalue weighted by Crippen LogP contribution is -2.25. The molecule has 0 amide bonds. The maximum atomic E-state index is 13.2. The van der Waals surface area contributed by atoms with Crippen molar-refractivity contribution >= 4 is 43.9 Å². The van der Waals surface area contributed by atoms with E-state index in [4.69, 9.17) is 11.6 Å². The van der Waals surface area contributed by atoms with Crippen LogP contribution in [0.15, 0.2) is 52.5 Å². The maximum Gasteiger partial charge on any atom is 0.283 e. The van der Waals surface area contributed by atoms with Crippen molar-refractivity contribution in [2.45, 2.75) is 37.5 Å². The van der Waals surface area contributed by atoms with Crippen LogP contribution in [0.25, 0.3) is 16.5 Å². The van der Waals surface area contributed by atoms with E-state index in [2.05, 4.69) is 5.10 Å². The maximum absolute atomic E-state index is 13.2. The molecule has 2 aromatic carbocycles. The largest absolute Gasteiger partial charge is 0.293 e. The van der Waals surface area contributed by atoms with Gasteiger partial charge in [-0.15, -0.1) is 0 Å². The summed E-state index contributed by atoms with van der Waals surface area (Å²) in [6.45, 7) is 1.92. The first-order valence-corrected chi connectivity index (χ1v) is 11.9. The highest BCUT2D eigenvalue weighted by Gasteiger charge is 2.54. The standard InChI is InChI=1S/C23H19ClN2O3S/c1-13-2-4-15(5-3-13)30(28,29)26-19-7-6-16-17(18(19)12-25-26)11-23-9-8-14(10-23)22(27)21(24)20(16)23/h2-7,12,14H,8-11H2,1H3/t14-,23?/m1/s1. The monoisotopic (exact) mass is 438 g/mol. The SMILES string of the molecule is Cc1ccc(S(=O)(=O)n2ncc3c4c(ccc32)C2=C(Cl)C(=O)[C@@H]3CCC2(C4)C3)cc1. The molecule has 5 nitrogen and oxygen atoms in total. The van der Waals surface area contributed by atoms with Crippen LogP contribution in [0.1, 0.15) is 36.0 Å². The van der Waals surface area contributed by atoms with E-state index < -0.39 is 10.0 Å². The molecule has 0 N–H and O–H groups in total. The van der Waals surface area contributed by atoms with Gasteiger partial charge in [0.25, 0.3) is 10.0 Å². The van der Waals surface area contributed by atoms with Crippen molar-refractivity contribution in [1.82, 2.24) is 9.19 Å². The van der Waals surface area contributed by atoms with Gasteiger partial charge >= 0.3 is 0 Å². The second-order valence-electron chi connectivity index (χ2n) is 8.78. The fourth-order valence-corrected chi connectivity index (χ4v) is 7.39. The molecule has 1 saturated carbocycles. The highest BCUT2D eigenvalue weighted by Crippen LogP contribution is 2.63. The molecule has 152 valence electrons. The van der Waals surface area contributed by atoms with E-state index in [1.165, 1.54) is 0 Å². The number of fused-ring (bicyclic) bond motifs is 5. The molecule has 2 atom stereocenters. The zero-order valence-electron chi connectivity index (χ0n) is 16.4. The average molecular weight is 439 g/mol. The highest BCUT2D eigenvalue weighted by atomic mass is 35.5. The molecular weight excluding hydrogens is 420 g/mol. The van der Waals surface area contributed by atoms with Crippen LogP contribution in [0, 0.1) is 18.3 Å². The van der Waals surface area contributed by atoms with Crippen LogP contribution in [0.2, 0.25) is 0 Å².